The summed E-state index contributed by atoms with van der Waals surface area (Å²) < 4.78 is 5.46. The highest BCUT2D eigenvalue weighted by Crippen LogP contribution is 2.38. The fourth-order valence-electron chi connectivity index (χ4n) is 4.36. The summed E-state index contributed by atoms with van der Waals surface area (Å²) in [6.45, 7) is 3.30. The van der Waals surface area contributed by atoms with E-state index in [-0.39, 0.29) is 23.8 Å². The number of carbonyl (C=O) groups excluding carboxylic acids is 2. The van der Waals surface area contributed by atoms with Crippen LogP contribution in [0.3, 0.4) is 0 Å². The number of pyridine rings is 1. The number of hydrogen-bond donors (Lipinski definition) is 1. The minimum atomic E-state index is -0.331. The first-order chi connectivity index (χ1) is 16.2. The minimum absolute atomic E-state index is 0.0517. The van der Waals surface area contributed by atoms with E-state index in [9.17, 15) is 9.59 Å². The highest BCUT2D eigenvalue weighted by atomic mass is 16.5. The van der Waals surface area contributed by atoms with Crippen LogP contribution in [-0.2, 0) is 22.7 Å². The second-order valence-corrected chi connectivity index (χ2v) is 8.16. The van der Waals surface area contributed by atoms with Crippen molar-refractivity contribution in [2.45, 2.75) is 38.9 Å². The van der Waals surface area contributed by atoms with Crippen molar-refractivity contribution in [1.82, 2.24) is 15.2 Å². The van der Waals surface area contributed by atoms with Gasteiger partial charge in [0.1, 0.15) is 0 Å². The van der Waals surface area contributed by atoms with Crippen LogP contribution in [0.25, 0.3) is 0 Å². The molecule has 2 atom stereocenters. The molecule has 1 aliphatic rings. The second kappa shape index (κ2) is 10.8. The molecule has 1 fully saturated rings. The molecule has 2 aromatic carbocycles. The lowest BCUT2D eigenvalue weighted by Gasteiger charge is -2.41. The van der Waals surface area contributed by atoms with E-state index in [2.05, 4.69) is 10.3 Å². The molecular weight excluding hydrogens is 414 g/mol. The van der Waals surface area contributed by atoms with Crippen molar-refractivity contribution >= 4 is 11.8 Å². The molecule has 3 aromatic rings. The first kappa shape index (κ1) is 22.5. The molecule has 6 heteroatoms. The number of piperidine rings is 1. The largest absolute Gasteiger partial charge is 0.478 e. The molecule has 0 radical (unpaired) electrons. The SMILES string of the molecule is CCOc1cc(CNC(=O)C2CCC(=O)N(Cc3ccccc3)C2c2ccccc2)ccn1. The van der Waals surface area contributed by atoms with E-state index >= 15 is 0 Å². The fourth-order valence-corrected chi connectivity index (χ4v) is 4.36. The molecule has 1 aliphatic heterocycles. The molecule has 2 heterocycles. The zero-order chi connectivity index (χ0) is 23.0. The Morgan fingerprint density at radius 1 is 1.06 bits per heavy atom. The van der Waals surface area contributed by atoms with E-state index in [4.69, 9.17) is 4.74 Å². The Bertz CT molecular complexity index is 1070. The molecule has 0 spiro atoms. The molecule has 2 amide bonds. The summed E-state index contributed by atoms with van der Waals surface area (Å²) in [6.07, 6.45) is 2.56. The van der Waals surface area contributed by atoms with Crippen LogP contribution in [0.15, 0.2) is 79.0 Å². The summed E-state index contributed by atoms with van der Waals surface area (Å²) in [5, 5.41) is 3.08. The Kier molecular flexibility index (Phi) is 7.35. The van der Waals surface area contributed by atoms with Gasteiger partial charge in [0.05, 0.1) is 18.6 Å². The predicted molar refractivity (Wildman–Crippen MR) is 126 cm³/mol. The maximum absolute atomic E-state index is 13.4. The Balaban J connectivity index is 1.55. The molecule has 0 saturated carbocycles. The number of aromatic nitrogens is 1. The number of amides is 2. The van der Waals surface area contributed by atoms with E-state index in [0.29, 0.717) is 38.4 Å². The van der Waals surface area contributed by atoms with Crippen LogP contribution in [-0.4, -0.2) is 28.3 Å². The maximum Gasteiger partial charge on any atom is 0.225 e. The number of nitrogens with one attached hydrogen (secondary N) is 1. The van der Waals surface area contributed by atoms with Crippen molar-refractivity contribution in [3.63, 3.8) is 0 Å². The van der Waals surface area contributed by atoms with Gasteiger partial charge in [0, 0.05) is 31.8 Å². The van der Waals surface area contributed by atoms with Gasteiger partial charge in [0.2, 0.25) is 17.7 Å². The lowest BCUT2D eigenvalue weighted by Crippen LogP contribution is -2.47. The van der Waals surface area contributed by atoms with E-state index in [1.807, 2.05) is 84.6 Å². The molecule has 0 aliphatic carbocycles. The molecule has 6 nitrogen and oxygen atoms in total. The quantitative estimate of drug-likeness (QED) is 0.564. The van der Waals surface area contributed by atoms with Crippen molar-refractivity contribution in [1.29, 1.82) is 0 Å². The summed E-state index contributed by atoms with van der Waals surface area (Å²) in [5.41, 5.74) is 2.95. The van der Waals surface area contributed by atoms with Gasteiger partial charge in [-0.1, -0.05) is 60.7 Å². The van der Waals surface area contributed by atoms with E-state index in [1.54, 1.807) is 6.20 Å². The van der Waals surface area contributed by atoms with Gasteiger partial charge in [-0.25, -0.2) is 4.98 Å². The topological polar surface area (TPSA) is 71.5 Å². The maximum atomic E-state index is 13.4. The normalized spacial score (nSPS) is 18.1. The fraction of sp³-hybridized carbons (Fsp3) is 0.296. The molecule has 4 rings (SSSR count). The number of ether oxygens (including phenoxy) is 1. The van der Waals surface area contributed by atoms with Crippen molar-refractivity contribution < 1.29 is 14.3 Å². The molecular formula is C27H29N3O3. The Morgan fingerprint density at radius 2 is 1.79 bits per heavy atom. The van der Waals surface area contributed by atoms with Crippen LogP contribution in [0.1, 0.15) is 42.5 Å². The molecule has 33 heavy (non-hydrogen) atoms. The van der Waals surface area contributed by atoms with Gasteiger partial charge < -0.3 is 15.0 Å². The smallest absolute Gasteiger partial charge is 0.225 e. The van der Waals surface area contributed by atoms with Crippen LogP contribution >= 0.6 is 0 Å². The molecule has 1 N–H and O–H groups in total. The third kappa shape index (κ3) is 5.58. The minimum Gasteiger partial charge on any atom is -0.478 e. The summed E-state index contributed by atoms with van der Waals surface area (Å²) in [5.74, 6) is 0.238. The summed E-state index contributed by atoms with van der Waals surface area (Å²) >= 11 is 0. The van der Waals surface area contributed by atoms with Gasteiger partial charge in [-0.3, -0.25) is 9.59 Å². The van der Waals surface area contributed by atoms with Crippen molar-refractivity contribution in [2.24, 2.45) is 5.92 Å². The number of likely N-dealkylation sites (tertiary alicyclic amines) is 1. The standard InChI is InChI=1S/C27H29N3O3/c1-2-33-24-17-21(15-16-28-24)18-29-27(32)23-13-14-25(31)30(19-20-9-5-3-6-10-20)26(23)22-11-7-4-8-12-22/h3-12,15-17,23,26H,2,13-14,18-19H2,1H3,(H,29,32). The number of hydrogen-bond acceptors (Lipinski definition) is 4. The van der Waals surface area contributed by atoms with Gasteiger partial charge >= 0.3 is 0 Å². The first-order valence-electron chi connectivity index (χ1n) is 11.4. The summed E-state index contributed by atoms with van der Waals surface area (Å²) in [6, 6.07) is 23.2. The van der Waals surface area contributed by atoms with Crippen molar-refractivity contribution in [2.75, 3.05) is 6.61 Å². The average molecular weight is 444 g/mol. The lowest BCUT2D eigenvalue weighted by atomic mass is 9.83. The van der Waals surface area contributed by atoms with Crippen LogP contribution < -0.4 is 10.1 Å². The predicted octanol–water partition coefficient (Wildman–Crippen LogP) is 4.28. The first-order valence-corrected chi connectivity index (χ1v) is 11.4. The van der Waals surface area contributed by atoms with Gasteiger partial charge in [0.15, 0.2) is 0 Å². The third-order valence-electron chi connectivity index (χ3n) is 5.94. The summed E-state index contributed by atoms with van der Waals surface area (Å²) in [7, 11) is 0. The molecule has 0 bridgehead atoms. The van der Waals surface area contributed by atoms with Gasteiger partial charge in [-0.15, -0.1) is 0 Å². The third-order valence-corrected chi connectivity index (χ3v) is 5.94. The van der Waals surface area contributed by atoms with Crippen molar-refractivity contribution in [3.05, 3.63) is 95.7 Å². The zero-order valence-corrected chi connectivity index (χ0v) is 18.8. The molecule has 2 unspecified atom stereocenters. The van der Waals surface area contributed by atoms with Gasteiger partial charge in [0.25, 0.3) is 0 Å². The molecule has 170 valence electrons. The molecule has 1 aromatic heterocycles. The highest BCUT2D eigenvalue weighted by molar-refractivity contribution is 5.85. The van der Waals surface area contributed by atoms with E-state index < -0.39 is 0 Å². The monoisotopic (exact) mass is 443 g/mol. The van der Waals surface area contributed by atoms with E-state index in [0.717, 1.165) is 16.7 Å². The van der Waals surface area contributed by atoms with Gasteiger partial charge in [-0.05, 0) is 36.1 Å². The van der Waals surface area contributed by atoms with Crippen LogP contribution in [0.5, 0.6) is 5.88 Å². The Hall–Kier alpha value is -3.67. The number of nitrogens with zero attached hydrogens (tertiary/aromatic N) is 2. The summed E-state index contributed by atoms with van der Waals surface area (Å²) in [4.78, 5) is 32.4. The van der Waals surface area contributed by atoms with Crippen LogP contribution in [0, 0.1) is 5.92 Å². The number of rotatable bonds is 8. The lowest BCUT2D eigenvalue weighted by molar-refractivity contribution is -0.144. The van der Waals surface area contributed by atoms with Crippen LogP contribution in [0.2, 0.25) is 0 Å². The Morgan fingerprint density at radius 3 is 2.52 bits per heavy atom. The zero-order valence-electron chi connectivity index (χ0n) is 18.8. The second-order valence-electron chi connectivity index (χ2n) is 8.16. The van der Waals surface area contributed by atoms with Crippen LogP contribution in [0.4, 0.5) is 0 Å². The molecule has 1 saturated heterocycles. The van der Waals surface area contributed by atoms with E-state index in [1.165, 1.54) is 0 Å². The Labute approximate surface area is 194 Å². The number of benzene rings is 2. The highest BCUT2D eigenvalue weighted by Gasteiger charge is 2.40. The average Bonchev–Trinajstić information content (AvgIpc) is 2.85. The van der Waals surface area contributed by atoms with Crippen molar-refractivity contribution in [3.8, 4) is 5.88 Å². The van der Waals surface area contributed by atoms with Gasteiger partial charge in [-0.2, -0.15) is 0 Å². The number of carbonyl (C=O) groups is 2.